The summed E-state index contributed by atoms with van der Waals surface area (Å²) in [7, 11) is 0. The molecule has 10 heavy (non-hydrogen) atoms. The molecule has 0 aromatic rings. The first kappa shape index (κ1) is 11.1. The van der Waals surface area contributed by atoms with Crippen LogP contribution in [0.3, 0.4) is 0 Å². The van der Waals surface area contributed by atoms with Gasteiger partial charge in [0.25, 0.3) is 0 Å². The molecule has 0 N–H and O–H groups in total. The van der Waals surface area contributed by atoms with E-state index >= 15 is 0 Å². The van der Waals surface area contributed by atoms with Crippen molar-refractivity contribution in [3.05, 3.63) is 0 Å². The average Bonchev–Trinajstić information content (AvgIpc) is 1.91. The van der Waals surface area contributed by atoms with Crippen LogP contribution in [0.2, 0.25) is 0 Å². The van der Waals surface area contributed by atoms with Crippen molar-refractivity contribution >= 4 is 43.0 Å². The Hall–Kier alpha value is 1.13. The van der Waals surface area contributed by atoms with Gasteiger partial charge < -0.3 is 0 Å². The van der Waals surface area contributed by atoms with Crippen molar-refractivity contribution in [2.45, 2.75) is 32.6 Å². The first-order valence-corrected chi connectivity index (χ1v) is 9.73. The first-order valence-electron chi connectivity index (χ1n) is 3.45. The lowest BCUT2D eigenvalue weighted by Gasteiger charge is -2.14. The molecule has 1 aliphatic rings. The van der Waals surface area contributed by atoms with Gasteiger partial charge in [0.15, 0.2) is 0 Å². The highest BCUT2D eigenvalue weighted by atomic mass is 128. The van der Waals surface area contributed by atoms with Gasteiger partial charge in [0.2, 0.25) is 0 Å². The summed E-state index contributed by atoms with van der Waals surface area (Å²) in [5, 5.41) is 0. The third kappa shape index (κ3) is 4.87. The Labute approximate surface area is 85.7 Å². The summed E-state index contributed by atoms with van der Waals surface area (Å²) in [4.78, 5) is 10.7. The maximum absolute atomic E-state index is 10.7. The Morgan fingerprint density at radius 1 is 1.50 bits per heavy atom. The van der Waals surface area contributed by atoms with Gasteiger partial charge in [-0.3, -0.25) is 4.79 Å². The molecule has 0 aromatic carbocycles. The van der Waals surface area contributed by atoms with E-state index in [9.17, 15) is 4.79 Å². The molecule has 1 rings (SSSR count). The summed E-state index contributed by atoms with van der Waals surface area (Å²) < 4.78 is 0. The molecular formula is C7H12I2O. The van der Waals surface area contributed by atoms with Gasteiger partial charge in [-0.2, -0.15) is 0 Å². The molecule has 0 amide bonds. The van der Waals surface area contributed by atoms with Crippen LogP contribution in [0, 0.1) is 5.92 Å². The molecule has 0 radical (unpaired) electrons. The average molecular weight is 366 g/mol. The molecule has 1 fully saturated rings. The van der Waals surface area contributed by atoms with Crippen LogP contribution >= 0.6 is 37.2 Å². The fourth-order valence-corrected chi connectivity index (χ4v) is 1.24. The van der Waals surface area contributed by atoms with Crippen LogP contribution in [-0.2, 0) is 4.79 Å². The van der Waals surface area contributed by atoms with Crippen molar-refractivity contribution < 1.29 is 4.79 Å². The molecule has 0 aromatic heterocycles. The highest BCUT2D eigenvalue weighted by molar-refractivity contribution is 15.0. The fourth-order valence-electron chi connectivity index (χ4n) is 1.24. The van der Waals surface area contributed by atoms with E-state index in [1.54, 1.807) is 0 Å². The van der Waals surface area contributed by atoms with E-state index in [4.69, 9.17) is 0 Å². The first-order chi connectivity index (χ1) is 4.79. The topological polar surface area (TPSA) is 17.1 Å². The summed E-state index contributed by atoms with van der Waals surface area (Å²) in [5.74, 6) is 1.12. The predicted molar refractivity (Wildman–Crippen MR) is 60.7 cm³/mol. The zero-order valence-electron chi connectivity index (χ0n) is 6.07. The van der Waals surface area contributed by atoms with Crippen LogP contribution in [-0.4, -0.2) is 5.78 Å². The van der Waals surface area contributed by atoms with E-state index in [2.05, 4.69) is 44.2 Å². The lowest BCUT2D eigenvalue weighted by atomic mass is 9.90. The van der Waals surface area contributed by atoms with Gasteiger partial charge in [0.1, 0.15) is 5.78 Å². The second-order valence-corrected chi connectivity index (χ2v) is 2.74. The molecule has 60 valence electrons. The number of ketones is 1. The predicted octanol–water partition coefficient (Wildman–Crippen LogP) is 3.54. The van der Waals surface area contributed by atoms with Crippen LogP contribution in [0.5, 0.6) is 0 Å². The summed E-state index contributed by atoms with van der Waals surface area (Å²) in [5.41, 5.74) is 0. The van der Waals surface area contributed by atoms with Crippen molar-refractivity contribution in [3.8, 4) is 0 Å². The zero-order chi connectivity index (χ0) is 7.98. The number of carbonyl (C=O) groups excluding carboxylic acids is 1. The van der Waals surface area contributed by atoms with Gasteiger partial charge in [-0.05, 0) is 18.8 Å². The third-order valence-electron chi connectivity index (χ3n) is 1.73. The molecular weight excluding hydrogens is 354 g/mol. The molecule has 1 unspecified atom stereocenters. The number of carbonyl (C=O) groups is 1. The lowest BCUT2D eigenvalue weighted by Crippen LogP contribution is -2.11. The van der Waals surface area contributed by atoms with Gasteiger partial charge in [0.05, 0.1) is 0 Å². The van der Waals surface area contributed by atoms with E-state index in [-0.39, 0.29) is 0 Å². The lowest BCUT2D eigenvalue weighted by molar-refractivity contribution is -0.121. The highest BCUT2D eigenvalue weighted by Gasteiger charge is 2.14. The molecule has 1 aliphatic carbocycles. The monoisotopic (exact) mass is 366 g/mol. The SMILES string of the molecule is CC1CCCC(=O)C1.II. The number of halogens is 2. The molecule has 0 heterocycles. The number of Topliss-reactive ketones (excluding diaryl/α,β-unsaturated/α-hetero) is 1. The molecule has 0 aliphatic heterocycles. The van der Waals surface area contributed by atoms with E-state index in [0.717, 1.165) is 19.3 Å². The number of rotatable bonds is 0. The zero-order valence-corrected chi connectivity index (χ0v) is 10.4. The standard InChI is InChI=1S/C7H12O.I2/c1-6-3-2-4-7(8)5-6;1-2/h6H,2-5H2,1H3;. The van der Waals surface area contributed by atoms with E-state index in [1.165, 1.54) is 6.42 Å². The smallest absolute Gasteiger partial charge is 0.133 e. The van der Waals surface area contributed by atoms with Crippen molar-refractivity contribution in [1.29, 1.82) is 0 Å². The van der Waals surface area contributed by atoms with Crippen LogP contribution < -0.4 is 0 Å². The minimum atomic E-state index is 0.462. The minimum absolute atomic E-state index is 0.462. The fraction of sp³-hybridized carbons (Fsp3) is 0.857. The molecule has 0 saturated heterocycles. The summed E-state index contributed by atoms with van der Waals surface area (Å²) >= 11 is 4.24. The van der Waals surface area contributed by atoms with E-state index in [1.807, 2.05) is 0 Å². The van der Waals surface area contributed by atoms with Crippen LogP contribution in [0.15, 0.2) is 0 Å². The van der Waals surface area contributed by atoms with Gasteiger partial charge in [-0.25, -0.2) is 0 Å². The van der Waals surface area contributed by atoms with Crippen molar-refractivity contribution in [1.82, 2.24) is 0 Å². The summed E-state index contributed by atoms with van der Waals surface area (Å²) in [6.45, 7) is 2.15. The highest BCUT2D eigenvalue weighted by Crippen LogP contribution is 2.19. The van der Waals surface area contributed by atoms with Gasteiger partial charge in [0, 0.05) is 50.1 Å². The quantitative estimate of drug-likeness (QED) is 0.600. The van der Waals surface area contributed by atoms with Crippen LogP contribution in [0.1, 0.15) is 32.6 Å². The maximum atomic E-state index is 10.7. The van der Waals surface area contributed by atoms with Crippen molar-refractivity contribution in [2.75, 3.05) is 0 Å². The van der Waals surface area contributed by atoms with Crippen molar-refractivity contribution in [2.24, 2.45) is 5.92 Å². The van der Waals surface area contributed by atoms with Crippen molar-refractivity contribution in [3.63, 3.8) is 0 Å². The van der Waals surface area contributed by atoms with Gasteiger partial charge in [-0.15, -0.1) is 0 Å². The second-order valence-electron chi connectivity index (χ2n) is 2.74. The van der Waals surface area contributed by atoms with E-state index in [0.29, 0.717) is 11.7 Å². The number of hydrogen-bond acceptors (Lipinski definition) is 1. The molecule has 0 spiro atoms. The van der Waals surface area contributed by atoms with Crippen LogP contribution in [0.25, 0.3) is 0 Å². The Morgan fingerprint density at radius 3 is 2.40 bits per heavy atom. The van der Waals surface area contributed by atoms with Gasteiger partial charge >= 0.3 is 0 Å². The molecule has 1 nitrogen and oxygen atoms in total. The molecule has 1 atom stereocenters. The van der Waals surface area contributed by atoms with E-state index < -0.39 is 0 Å². The molecule has 1 saturated carbocycles. The summed E-state index contributed by atoms with van der Waals surface area (Å²) in [6, 6.07) is 0. The molecule has 3 heteroatoms. The Bertz CT molecular complexity index is 104. The maximum Gasteiger partial charge on any atom is 0.133 e. The Kier molecular flexibility index (Phi) is 7.59. The van der Waals surface area contributed by atoms with Crippen LogP contribution in [0.4, 0.5) is 0 Å². The number of hydrogen-bond donors (Lipinski definition) is 0. The third-order valence-corrected chi connectivity index (χ3v) is 1.73. The van der Waals surface area contributed by atoms with Gasteiger partial charge in [-0.1, -0.05) is 6.92 Å². The summed E-state index contributed by atoms with van der Waals surface area (Å²) in [6.07, 6.45) is 4.05. The Balaban J connectivity index is 0.000000371. The second kappa shape index (κ2) is 6.82. The molecule has 0 bridgehead atoms. The Morgan fingerprint density at radius 2 is 2.10 bits per heavy atom. The normalized spacial score (nSPS) is 25.1. The largest absolute Gasteiger partial charge is 0.300 e. The minimum Gasteiger partial charge on any atom is -0.300 e.